The Morgan fingerprint density at radius 1 is 1.30 bits per heavy atom. The van der Waals surface area contributed by atoms with Gasteiger partial charge >= 0.3 is 0 Å². The number of hydrogen-bond donors (Lipinski definition) is 0. The molecular weight excluding hydrogens is 324 g/mol. The van der Waals surface area contributed by atoms with Crippen molar-refractivity contribution in [2.45, 2.75) is 31.3 Å². The molecule has 1 aliphatic rings. The third kappa shape index (κ3) is 3.45. The molecule has 0 amide bonds. The van der Waals surface area contributed by atoms with E-state index in [2.05, 4.69) is 0 Å². The molecule has 0 saturated carbocycles. The molecule has 2 rings (SSSR count). The highest BCUT2D eigenvalue weighted by Crippen LogP contribution is 2.33. The minimum atomic E-state index is -3.95. The van der Waals surface area contributed by atoms with Gasteiger partial charge in [0.15, 0.2) is 9.84 Å². The van der Waals surface area contributed by atoms with Crippen LogP contribution in [0.4, 0.5) is 0 Å². The van der Waals surface area contributed by atoms with Crippen molar-refractivity contribution in [3.63, 3.8) is 0 Å². The Labute approximate surface area is 123 Å². The predicted octanol–water partition coefficient (Wildman–Crippen LogP) is 1.80. The van der Waals surface area contributed by atoms with Gasteiger partial charge in [-0.1, -0.05) is 6.07 Å². The van der Waals surface area contributed by atoms with Gasteiger partial charge in [-0.15, -0.1) is 0 Å². The maximum Gasteiger partial charge on any atom is 0.265 e. The lowest BCUT2D eigenvalue weighted by atomic mass is 10.1. The Kier molecular flexibility index (Phi) is 4.05. The summed E-state index contributed by atoms with van der Waals surface area (Å²) in [4.78, 5) is -0.110. The molecular formula is C12H15ClO5S2. The van der Waals surface area contributed by atoms with Gasteiger partial charge in [0.1, 0.15) is 16.7 Å². The molecule has 1 aromatic carbocycles. The van der Waals surface area contributed by atoms with Crippen molar-refractivity contribution in [1.82, 2.24) is 0 Å². The number of halogens is 1. The van der Waals surface area contributed by atoms with Crippen LogP contribution in [0.3, 0.4) is 0 Å². The van der Waals surface area contributed by atoms with Gasteiger partial charge in [0, 0.05) is 10.7 Å². The highest BCUT2D eigenvalue weighted by Gasteiger charge is 2.31. The highest BCUT2D eigenvalue weighted by atomic mass is 35.7. The van der Waals surface area contributed by atoms with Gasteiger partial charge in [0.2, 0.25) is 0 Å². The van der Waals surface area contributed by atoms with E-state index in [0.717, 1.165) is 5.56 Å². The molecule has 0 aromatic heterocycles. The molecule has 5 nitrogen and oxygen atoms in total. The lowest BCUT2D eigenvalue weighted by molar-refractivity contribution is 0.221. The summed E-state index contributed by atoms with van der Waals surface area (Å²) in [6.45, 7) is 3.46. The molecule has 1 heterocycles. The van der Waals surface area contributed by atoms with Crippen LogP contribution in [-0.4, -0.2) is 34.4 Å². The van der Waals surface area contributed by atoms with Crippen LogP contribution in [-0.2, 0) is 18.9 Å². The van der Waals surface area contributed by atoms with Gasteiger partial charge < -0.3 is 4.74 Å². The van der Waals surface area contributed by atoms with Crippen molar-refractivity contribution in [3.8, 4) is 5.75 Å². The van der Waals surface area contributed by atoms with E-state index < -0.39 is 25.0 Å². The van der Waals surface area contributed by atoms with E-state index in [9.17, 15) is 16.8 Å². The van der Waals surface area contributed by atoms with Crippen LogP contribution in [0.25, 0.3) is 0 Å². The molecule has 1 saturated heterocycles. The monoisotopic (exact) mass is 338 g/mol. The lowest BCUT2D eigenvalue weighted by Gasteiger charge is -2.17. The second-order valence-corrected chi connectivity index (χ2v) is 9.75. The molecule has 1 fully saturated rings. The van der Waals surface area contributed by atoms with E-state index in [0.29, 0.717) is 12.0 Å². The first-order chi connectivity index (χ1) is 9.08. The summed E-state index contributed by atoms with van der Waals surface area (Å²) >= 11 is 0. The van der Waals surface area contributed by atoms with E-state index in [1.54, 1.807) is 19.9 Å². The summed E-state index contributed by atoms with van der Waals surface area (Å²) in [5.74, 6) is 0.112. The molecule has 1 aromatic rings. The molecule has 0 bridgehead atoms. The molecule has 0 spiro atoms. The molecule has 0 aliphatic carbocycles. The zero-order chi connectivity index (χ0) is 15.1. The minimum absolute atomic E-state index is 0.0610. The number of hydrogen-bond acceptors (Lipinski definition) is 5. The maximum absolute atomic E-state index is 11.6. The van der Waals surface area contributed by atoms with Gasteiger partial charge in [-0.05, 0) is 37.5 Å². The first kappa shape index (κ1) is 15.6. The third-order valence-corrected chi connectivity index (χ3v) is 6.19. The predicted molar refractivity (Wildman–Crippen MR) is 76.6 cm³/mol. The van der Waals surface area contributed by atoms with Crippen molar-refractivity contribution in [2.24, 2.45) is 0 Å². The average Bonchev–Trinajstić information content (AvgIpc) is 2.60. The third-order valence-electron chi connectivity index (χ3n) is 3.12. The minimum Gasteiger partial charge on any atom is -0.488 e. The van der Waals surface area contributed by atoms with E-state index >= 15 is 0 Å². The Morgan fingerprint density at radius 2 is 1.95 bits per heavy atom. The molecule has 112 valence electrons. The topological polar surface area (TPSA) is 77.5 Å². The standard InChI is InChI=1S/C12H15ClO5S2/c1-8-5-9(2)12(11(6-8)20(13,16)17)18-10-3-4-19(14,15)7-10/h5-6,10H,3-4,7H2,1-2H3. The zero-order valence-corrected chi connectivity index (χ0v) is 13.5. The summed E-state index contributed by atoms with van der Waals surface area (Å²) < 4.78 is 51.7. The van der Waals surface area contributed by atoms with Gasteiger partial charge in [-0.25, -0.2) is 16.8 Å². The van der Waals surface area contributed by atoms with Crippen LogP contribution < -0.4 is 4.74 Å². The number of rotatable bonds is 3. The molecule has 0 radical (unpaired) electrons. The maximum atomic E-state index is 11.6. The Bertz CT molecular complexity index is 737. The van der Waals surface area contributed by atoms with Gasteiger partial charge in [0.25, 0.3) is 9.05 Å². The van der Waals surface area contributed by atoms with Gasteiger partial charge in [-0.3, -0.25) is 0 Å². The fourth-order valence-electron chi connectivity index (χ4n) is 2.27. The fraction of sp³-hybridized carbons (Fsp3) is 0.500. The summed E-state index contributed by atoms with van der Waals surface area (Å²) in [5, 5.41) is 0. The Hall–Kier alpha value is -0.790. The quantitative estimate of drug-likeness (QED) is 0.785. The first-order valence-corrected chi connectivity index (χ1v) is 10.1. The Balaban J connectivity index is 2.42. The molecule has 8 heteroatoms. The van der Waals surface area contributed by atoms with Gasteiger partial charge in [-0.2, -0.15) is 0 Å². The van der Waals surface area contributed by atoms with Crippen LogP contribution in [0.5, 0.6) is 5.75 Å². The lowest BCUT2D eigenvalue weighted by Crippen LogP contribution is -2.19. The number of benzene rings is 1. The van der Waals surface area contributed by atoms with Crippen molar-refractivity contribution in [1.29, 1.82) is 0 Å². The van der Waals surface area contributed by atoms with Gasteiger partial charge in [0.05, 0.1) is 11.5 Å². The normalized spacial score (nSPS) is 21.9. The van der Waals surface area contributed by atoms with Crippen molar-refractivity contribution >= 4 is 29.6 Å². The molecule has 0 N–H and O–H groups in total. The Morgan fingerprint density at radius 3 is 2.45 bits per heavy atom. The summed E-state index contributed by atoms with van der Waals surface area (Å²) in [6.07, 6.45) is -0.171. The van der Waals surface area contributed by atoms with Crippen LogP contribution in [0.1, 0.15) is 17.5 Å². The van der Waals surface area contributed by atoms with Crippen LogP contribution in [0.15, 0.2) is 17.0 Å². The smallest absolute Gasteiger partial charge is 0.265 e. The molecule has 1 unspecified atom stereocenters. The zero-order valence-electron chi connectivity index (χ0n) is 11.1. The van der Waals surface area contributed by atoms with E-state index in [1.807, 2.05) is 0 Å². The summed E-state index contributed by atoms with van der Waals surface area (Å²) in [7, 11) is -1.62. The van der Waals surface area contributed by atoms with E-state index in [-0.39, 0.29) is 22.2 Å². The summed E-state index contributed by atoms with van der Waals surface area (Å²) in [6, 6.07) is 3.19. The SMILES string of the molecule is Cc1cc(C)c(OC2CCS(=O)(=O)C2)c(S(=O)(=O)Cl)c1. The molecule has 20 heavy (non-hydrogen) atoms. The second-order valence-electron chi connectivity index (χ2n) is 4.99. The first-order valence-electron chi connectivity index (χ1n) is 6.01. The van der Waals surface area contributed by atoms with Crippen molar-refractivity contribution in [3.05, 3.63) is 23.3 Å². The molecule has 1 aliphatic heterocycles. The average molecular weight is 339 g/mol. The number of ether oxygens (including phenoxy) is 1. The van der Waals surface area contributed by atoms with Crippen LogP contribution in [0, 0.1) is 13.8 Å². The second kappa shape index (κ2) is 5.20. The van der Waals surface area contributed by atoms with Crippen LogP contribution in [0.2, 0.25) is 0 Å². The van der Waals surface area contributed by atoms with E-state index in [1.165, 1.54) is 6.07 Å². The largest absolute Gasteiger partial charge is 0.488 e. The summed E-state index contributed by atoms with van der Waals surface area (Å²) in [5.41, 5.74) is 1.36. The highest BCUT2D eigenvalue weighted by molar-refractivity contribution is 8.13. The van der Waals surface area contributed by atoms with Crippen molar-refractivity contribution in [2.75, 3.05) is 11.5 Å². The number of aryl methyl sites for hydroxylation is 2. The fourth-order valence-corrected chi connectivity index (χ4v) is 4.96. The number of sulfone groups is 1. The van der Waals surface area contributed by atoms with Crippen LogP contribution >= 0.6 is 10.7 Å². The van der Waals surface area contributed by atoms with E-state index in [4.69, 9.17) is 15.4 Å². The molecule has 1 atom stereocenters. The van der Waals surface area contributed by atoms with Crippen molar-refractivity contribution < 1.29 is 21.6 Å².